The van der Waals surface area contributed by atoms with Crippen LogP contribution in [0.15, 0.2) is 77.9 Å². The van der Waals surface area contributed by atoms with Crippen LogP contribution in [0.4, 0.5) is 0 Å². The van der Waals surface area contributed by atoms with E-state index in [1.807, 2.05) is 36.4 Å². The minimum atomic E-state index is -0.332. The van der Waals surface area contributed by atoms with Crippen LogP contribution >= 0.6 is 0 Å². The summed E-state index contributed by atoms with van der Waals surface area (Å²) in [5.74, 6) is 0.474. The Morgan fingerprint density at radius 2 is 1.74 bits per heavy atom. The maximum atomic E-state index is 12.6. The molecule has 0 atom stereocenters. The highest BCUT2D eigenvalue weighted by Crippen LogP contribution is 2.23. The monoisotopic (exact) mass is 356 g/mol. The lowest BCUT2D eigenvalue weighted by Crippen LogP contribution is -2.18. The van der Waals surface area contributed by atoms with Gasteiger partial charge in [-0.05, 0) is 48.0 Å². The van der Waals surface area contributed by atoms with Crippen molar-refractivity contribution in [3.05, 3.63) is 83.9 Å². The Morgan fingerprint density at radius 1 is 1.00 bits per heavy atom. The highest BCUT2D eigenvalue weighted by atomic mass is 16.3. The number of para-hydroxylation sites is 2. The van der Waals surface area contributed by atoms with Crippen LogP contribution in [0.5, 0.6) is 5.75 Å². The van der Waals surface area contributed by atoms with Crippen molar-refractivity contribution < 1.29 is 9.90 Å². The molecule has 3 N–H and O–H groups in total. The third-order valence-electron chi connectivity index (χ3n) is 4.09. The number of hydrazone groups is 1. The Morgan fingerprint density at radius 3 is 2.56 bits per heavy atom. The van der Waals surface area contributed by atoms with Crippen molar-refractivity contribution in [3.63, 3.8) is 0 Å². The van der Waals surface area contributed by atoms with E-state index in [1.54, 1.807) is 36.4 Å². The van der Waals surface area contributed by atoms with Gasteiger partial charge in [-0.1, -0.05) is 30.3 Å². The predicted molar refractivity (Wildman–Crippen MR) is 105 cm³/mol. The van der Waals surface area contributed by atoms with Crippen molar-refractivity contribution >= 4 is 23.2 Å². The molecule has 0 unspecified atom stereocenters. The number of phenols is 1. The molecule has 27 heavy (non-hydrogen) atoms. The number of hydrogen-bond donors (Lipinski definition) is 3. The topological polar surface area (TPSA) is 90.4 Å². The average molecular weight is 356 g/mol. The van der Waals surface area contributed by atoms with Gasteiger partial charge in [0.1, 0.15) is 11.6 Å². The molecule has 1 amide bonds. The number of hydrogen-bond acceptors (Lipinski definition) is 4. The van der Waals surface area contributed by atoms with E-state index in [2.05, 4.69) is 20.5 Å². The summed E-state index contributed by atoms with van der Waals surface area (Å²) in [5, 5.41) is 13.3. The Labute approximate surface area is 155 Å². The number of aromatic nitrogens is 2. The van der Waals surface area contributed by atoms with E-state index in [0.717, 1.165) is 16.6 Å². The Kier molecular flexibility index (Phi) is 4.37. The summed E-state index contributed by atoms with van der Waals surface area (Å²) in [6.07, 6.45) is 1.52. The van der Waals surface area contributed by atoms with Gasteiger partial charge >= 0.3 is 0 Å². The van der Waals surface area contributed by atoms with Gasteiger partial charge in [0.2, 0.25) is 0 Å². The van der Waals surface area contributed by atoms with Crippen molar-refractivity contribution in [2.45, 2.75) is 0 Å². The molecular formula is C21H16N4O2. The SMILES string of the molecule is O=C(N/N=C/c1ccc(O)cc1)c1ccccc1-c1nc2ccccc2[nH]1. The van der Waals surface area contributed by atoms with Crippen LogP contribution in [-0.2, 0) is 0 Å². The molecule has 1 aromatic heterocycles. The fraction of sp³-hybridized carbons (Fsp3) is 0. The fourth-order valence-electron chi connectivity index (χ4n) is 2.75. The molecule has 6 nitrogen and oxygen atoms in total. The molecule has 6 heteroatoms. The zero-order valence-electron chi connectivity index (χ0n) is 14.3. The molecule has 1 heterocycles. The Bertz CT molecular complexity index is 1100. The maximum Gasteiger partial charge on any atom is 0.272 e. The second kappa shape index (κ2) is 7.13. The number of carbonyl (C=O) groups excluding carboxylic acids is 1. The summed E-state index contributed by atoms with van der Waals surface area (Å²) in [6.45, 7) is 0. The van der Waals surface area contributed by atoms with E-state index < -0.39 is 0 Å². The number of amides is 1. The second-order valence-electron chi connectivity index (χ2n) is 5.94. The van der Waals surface area contributed by atoms with Crippen molar-refractivity contribution in [1.82, 2.24) is 15.4 Å². The first kappa shape index (κ1) is 16.5. The van der Waals surface area contributed by atoms with Crippen LogP contribution < -0.4 is 5.43 Å². The fourth-order valence-corrected chi connectivity index (χ4v) is 2.75. The highest BCUT2D eigenvalue weighted by molar-refractivity contribution is 6.01. The van der Waals surface area contributed by atoms with Crippen molar-refractivity contribution in [2.75, 3.05) is 0 Å². The van der Waals surface area contributed by atoms with Gasteiger partial charge in [0, 0.05) is 5.56 Å². The van der Waals surface area contributed by atoms with E-state index in [-0.39, 0.29) is 11.7 Å². The Hall–Kier alpha value is -3.93. The smallest absolute Gasteiger partial charge is 0.272 e. The van der Waals surface area contributed by atoms with Gasteiger partial charge in [-0.3, -0.25) is 4.79 Å². The zero-order chi connectivity index (χ0) is 18.6. The summed E-state index contributed by atoms with van der Waals surface area (Å²) in [5.41, 5.74) is 6.22. The zero-order valence-corrected chi connectivity index (χ0v) is 14.3. The number of phenolic OH excluding ortho intramolecular Hbond substituents is 1. The molecule has 132 valence electrons. The largest absolute Gasteiger partial charge is 0.508 e. The molecular weight excluding hydrogens is 340 g/mol. The molecule has 0 aliphatic rings. The van der Waals surface area contributed by atoms with E-state index in [9.17, 15) is 9.90 Å². The van der Waals surface area contributed by atoms with Crippen LogP contribution in [-0.4, -0.2) is 27.2 Å². The number of imidazole rings is 1. The summed E-state index contributed by atoms with van der Waals surface area (Å²) in [6, 6.07) is 21.5. The van der Waals surface area contributed by atoms with Gasteiger partial charge in [0.05, 0.1) is 22.8 Å². The van der Waals surface area contributed by atoms with Gasteiger partial charge in [-0.15, -0.1) is 0 Å². The molecule has 0 aliphatic carbocycles. The molecule has 0 bridgehead atoms. The lowest BCUT2D eigenvalue weighted by molar-refractivity contribution is 0.0955. The van der Waals surface area contributed by atoms with E-state index in [4.69, 9.17) is 0 Å². The third kappa shape index (κ3) is 3.55. The lowest BCUT2D eigenvalue weighted by Gasteiger charge is -2.05. The molecule has 0 radical (unpaired) electrons. The lowest BCUT2D eigenvalue weighted by atomic mass is 10.1. The number of fused-ring (bicyclic) bond motifs is 1. The van der Waals surface area contributed by atoms with Gasteiger partial charge in [-0.25, -0.2) is 10.4 Å². The summed E-state index contributed by atoms with van der Waals surface area (Å²) in [4.78, 5) is 20.4. The number of H-pyrrole nitrogens is 1. The minimum absolute atomic E-state index is 0.177. The predicted octanol–water partition coefficient (Wildman–Crippen LogP) is 3.70. The highest BCUT2D eigenvalue weighted by Gasteiger charge is 2.14. The molecule has 3 aromatic carbocycles. The first-order valence-electron chi connectivity index (χ1n) is 8.37. The summed E-state index contributed by atoms with van der Waals surface area (Å²) < 4.78 is 0. The summed E-state index contributed by atoms with van der Waals surface area (Å²) in [7, 11) is 0. The van der Waals surface area contributed by atoms with Gasteiger partial charge in [-0.2, -0.15) is 5.10 Å². The number of nitrogens with one attached hydrogen (secondary N) is 2. The number of rotatable bonds is 4. The number of nitrogens with zero attached hydrogens (tertiary/aromatic N) is 2. The standard InChI is InChI=1S/C21H16N4O2/c26-15-11-9-14(10-12-15)13-22-25-21(27)17-6-2-1-5-16(17)20-23-18-7-3-4-8-19(18)24-20/h1-13,26H,(H,23,24)(H,25,27)/b22-13+. The molecule has 0 aliphatic heterocycles. The van der Waals surface area contributed by atoms with Crippen molar-refractivity contribution in [1.29, 1.82) is 0 Å². The van der Waals surface area contributed by atoms with Crippen LogP contribution in [0, 0.1) is 0 Å². The normalized spacial score (nSPS) is 11.1. The van der Waals surface area contributed by atoms with Crippen LogP contribution in [0.1, 0.15) is 15.9 Å². The number of carbonyl (C=O) groups is 1. The van der Waals surface area contributed by atoms with E-state index in [0.29, 0.717) is 17.0 Å². The molecule has 0 saturated heterocycles. The summed E-state index contributed by atoms with van der Waals surface area (Å²) >= 11 is 0. The number of aromatic hydroxyl groups is 1. The maximum absolute atomic E-state index is 12.6. The first-order valence-corrected chi connectivity index (χ1v) is 8.37. The second-order valence-corrected chi connectivity index (χ2v) is 5.94. The van der Waals surface area contributed by atoms with E-state index in [1.165, 1.54) is 6.21 Å². The average Bonchev–Trinajstić information content (AvgIpc) is 3.13. The van der Waals surface area contributed by atoms with Gasteiger partial charge < -0.3 is 10.1 Å². The molecule has 4 aromatic rings. The molecule has 4 rings (SSSR count). The number of aromatic amines is 1. The quantitative estimate of drug-likeness (QED) is 0.385. The minimum Gasteiger partial charge on any atom is -0.508 e. The van der Waals surface area contributed by atoms with Gasteiger partial charge in [0.15, 0.2) is 0 Å². The Balaban J connectivity index is 1.58. The van der Waals surface area contributed by atoms with Crippen LogP contribution in [0.2, 0.25) is 0 Å². The van der Waals surface area contributed by atoms with Crippen molar-refractivity contribution in [3.8, 4) is 17.1 Å². The number of benzene rings is 3. The molecule has 0 saturated carbocycles. The third-order valence-corrected chi connectivity index (χ3v) is 4.09. The van der Waals surface area contributed by atoms with E-state index >= 15 is 0 Å². The first-order chi connectivity index (χ1) is 13.2. The molecule has 0 fully saturated rings. The van der Waals surface area contributed by atoms with Crippen LogP contribution in [0.25, 0.3) is 22.4 Å². The van der Waals surface area contributed by atoms with Gasteiger partial charge in [0.25, 0.3) is 5.91 Å². The molecule has 0 spiro atoms. The van der Waals surface area contributed by atoms with Crippen LogP contribution in [0.3, 0.4) is 0 Å². The van der Waals surface area contributed by atoms with Crippen molar-refractivity contribution in [2.24, 2.45) is 5.10 Å².